The molecule has 0 fully saturated rings. The molecule has 0 heterocycles. The maximum atomic E-state index is 13.2. The first-order valence-electron chi connectivity index (χ1n) is 12.6. The third-order valence-electron chi connectivity index (χ3n) is 7.03. The van der Waals surface area contributed by atoms with E-state index in [1.165, 1.54) is 0 Å². The number of aliphatic hydroxyl groups excluding tert-OH is 3. The highest BCUT2D eigenvalue weighted by atomic mass is 16.6. The first-order valence-corrected chi connectivity index (χ1v) is 12.6. The fourth-order valence-electron chi connectivity index (χ4n) is 5.19. The highest BCUT2D eigenvalue weighted by Crippen LogP contribution is 2.44. The Hall–Kier alpha value is -2.68. The molecular weight excluding hydrogens is 464 g/mol. The number of allylic oxidation sites excluding steroid dienone is 2. The number of carboxylic acid groups (broad SMARTS) is 1. The summed E-state index contributed by atoms with van der Waals surface area (Å²) >= 11 is 0. The zero-order valence-electron chi connectivity index (χ0n) is 21.1. The molecule has 0 aliphatic heterocycles. The fourth-order valence-corrected chi connectivity index (χ4v) is 5.19. The van der Waals surface area contributed by atoms with E-state index in [4.69, 9.17) is 14.6 Å². The molecular formula is C28H38O8. The number of carbonyl (C=O) groups is 2. The Morgan fingerprint density at radius 3 is 2.50 bits per heavy atom. The molecule has 2 aliphatic carbocycles. The second-order valence-corrected chi connectivity index (χ2v) is 10.5. The molecule has 36 heavy (non-hydrogen) atoms. The lowest BCUT2D eigenvalue weighted by Crippen LogP contribution is -2.47. The Balaban J connectivity index is 1.71. The van der Waals surface area contributed by atoms with Crippen LogP contribution in [0, 0.1) is 17.8 Å². The van der Waals surface area contributed by atoms with Crippen molar-refractivity contribution in [1.82, 2.24) is 0 Å². The van der Waals surface area contributed by atoms with Crippen molar-refractivity contribution in [1.29, 1.82) is 0 Å². The number of esters is 1. The lowest BCUT2D eigenvalue weighted by molar-refractivity contribution is -0.170. The first-order chi connectivity index (χ1) is 17.0. The van der Waals surface area contributed by atoms with Crippen LogP contribution in [0.5, 0.6) is 5.75 Å². The maximum Gasteiger partial charge on any atom is 0.350 e. The largest absolute Gasteiger partial charge is 0.481 e. The van der Waals surface area contributed by atoms with E-state index < -0.39 is 48.4 Å². The van der Waals surface area contributed by atoms with Gasteiger partial charge in [-0.2, -0.15) is 0 Å². The summed E-state index contributed by atoms with van der Waals surface area (Å²) in [6, 6.07) is 9.03. The van der Waals surface area contributed by atoms with Crippen LogP contribution in [0.25, 0.3) is 0 Å². The van der Waals surface area contributed by atoms with Crippen LogP contribution < -0.4 is 4.74 Å². The van der Waals surface area contributed by atoms with Gasteiger partial charge in [-0.3, -0.25) is 4.79 Å². The van der Waals surface area contributed by atoms with Crippen molar-refractivity contribution < 1.29 is 39.5 Å². The standard InChI is InChI=1S/C28H38O8/c1-17-9-10-18-13-20(30)15-24(35-27(34)28(2,3)36-22-7-5-4-6-8-22)26(18)23(17)12-11-19(29)14-21(31)16-25(32)33/h4-10,13,17,19-21,23-24,26,29-31H,11-12,14-16H2,1-3H3,(H,32,33)/t17-,19+,20+,21+,23-,24-,26-/m0/s1. The molecule has 8 heteroatoms. The lowest BCUT2D eigenvalue weighted by atomic mass is 9.66. The summed E-state index contributed by atoms with van der Waals surface area (Å²) in [6.07, 6.45) is 3.33. The van der Waals surface area contributed by atoms with Crippen molar-refractivity contribution in [3.05, 3.63) is 54.1 Å². The van der Waals surface area contributed by atoms with E-state index in [-0.39, 0.29) is 30.6 Å². The minimum atomic E-state index is -1.24. The molecule has 7 atom stereocenters. The number of rotatable bonds is 11. The molecule has 0 saturated heterocycles. The van der Waals surface area contributed by atoms with Crippen LogP contribution in [-0.4, -0.2) is 62.4 Å². The van der Waals surface area contributed by atoms with Gasteiger partial charge in [-0.25, -0.2) is 4.79 Å². The van der Waals surface area contributed by atoms with Crippen molar-refractivity contribution >= 4 is 11.9 Å². The van der Waals surface area contributed by atoms with Gasteiger partial charge in [0.1, 0.15) is 11.9 Å². The molecule has 4 N–H and O–H groups in total. The number of carboxylic acids is 1. The highest BCUT2D eigenvalue weighted by Gasteiger charge is 2.44. The first kappa shape index (κ1) is 27.9. The summed E-state index contributed by atoms with van der Waals surface area (Å²) in [6.45, 7) is 5.37. The molecule has 0 amide bonds. The minimum Gasteiger partial charge on any atom is -0.481 e. The Labute approximate surface area is 212 Å². The minimum absolute atomic E-state index is 0.0151. The van der Waals surface area contributed by atoms with Gasteiger partial charge >= 0.3 is 11.9 Å². The molecule has 0 radical (unpaired) electrons. The van der Waals surface area contributed by atoms with Gasteiger partial charge in [0.15, 0.2) is 5.60 Å². The number of hydrogen-bond acceptors (Lipinski definition) is 7. The topological polar surface area (TPSA) is 134 Å². The molecule has 0 saturated carbocycles. The Kier molecular flexibility index (Phi) is 9.33. The van der Waals surface area contributed by atoms with Crippen LogP contribution in [0.15, 0.2) is 54.1 Å². The van der Waals surface area contributed by atoms with Gasteiger partial charge in [0.05, 0.1) is 24.7 Å². The number of ether oxygens (including phenoxy) is 2. The van der Waals surface area contributed by atoms with Gasteiger partial charge < -0.3 is 29.9 Å². The fraction of sp³-hybridized carbons (Fsp3) is 0.571. The normalized spacial score (nSPS) is 27.4. The molecule has 1 aromatic carbocycles. The SMILES string of the molecule is C[C@H]1C=CC2=C[C@@H](O)C[C@H](OC(=O)C(C)(C)Oc3ccccc3)[C@@H]2[C@H]1CC[C@@H](O)C[C@@H](O)CC(=O)O. The molecule has 198 valence electrons. The summed E-state index contributed by atoms with van der Waals surface area (Å²) in [7, 11) is 0. The Morgan fingerprint density at radius 1 is 1.14 bits per heavy atom. The van der Waals surface area contributed by atoms with Crippen LogP contribution in [0.1, 0.15) is 52.9 Å². The van der Waals surface area contributed by atoms with Crippen LogP contribution >= 0.6 is 0 Å². The smallest absolute Gasteiger partial charge is 0.350 e. The number of aliphatic hydroxyl groups is 3. The van der Waals surface area contributed by atoms with Gasteiger partial charge in [-0.05, 0) is 62.7 Å². The van der Waals surface area contributed by atoms with E-state index in [1.54, 1.807) is 32.1 Å². The molecule has 0 spiro atoms. The second-order valence-electron chi connectivity index (χ2n) is 10.5. The summed E-state index contributed by atoms with van der Waals surface area (Å²) in [5.74, 6) is -1.09. The van der Waals surface area contributed by atoms with Gasteiger partial charge in [0.25, 0.3) is 0 Å². The van der Waals surface area contributed by atoms with E-state index in [2.05, 4.69) is 13.0 Å². The van der Waals surface area contributed by atoms with Gasteiger partial charge in [0.2, 0.25) is 0 Å². The second kappa shape index (κ2) is 12.0. The summed E-state index contributed by atoms with van der Waals surface area (Å²) < 4.78 is 11.9. The predicted octanol–water partition coefficient (Wildman–Crippen LogP) is 3.25. The van der Waals surface area contributed by atoms with Gasteiger partial charge in [0, 0.05) is 12.3 Å². The molecule has 2 aliphatic rings. The van der Waals surface area contributed by atoms with Crippen molar-refractivity contribution in [2.24, 2.45) is 17.8 Å². The van der Waals surface area contributed by atoms with E-state index in [0.29, 0.717) is 18.6 Å². The van der Waals surface area contributed by atoms with Gasteiger partial charge in [-0.15, -0.1) is 0 Å². The zero-order valence-corrected chi connectivity index (χ0v) is 21.1. The summed E-state index contributed by atoms with van der Waals surface area (Å²) in [5.41, 5.74) is -0.341. The quantitative estimate of drug-likeness (QED) is 0.339. The molecule has 0 bridgehead atoms. The van der Waals surface area contributed by atoms with Crippen molar-refractivity contribution in [3.8, 4) is 5.75 Å². The van der Waals surface area contributed by atoms with Crippen molar-refractivity contribution in [3.63, 3.8) is 0 Å². The van der Waals surface area contributed by atoms with E-state index in [1.807, 2.05) is 24.3 Å². The molecule has 0 aromatic heterocycles. The van der Waals surface area contributed by atoms with E-state index >= 15 is 0 Å². The number of hydrogen-bond donors (Lipinski definition) is 4. The van der Waals surface area contributed by atoms with Gasteiger partial charge in [-0.1, -0.05) is 43.4 Å². The molecule has 0 unspecified atom stereocenters. The number of benzene rings is 1. The number of carbonyl (C=O) groups excluding carboxylic acids is 1. The monoisotopic (exact) mass is 502 g/mol. The zero-order chi connectivity index (χ0) is 26.5. The number of aliphatic carboxylic acids is 1. The van der Waals surface area contributed by atoms with E-state index in [9.17, 15) is 24.9 Å². The molecule has 1 aromatic rings. The van der Waals surface area contributed by atoms with E-state index in [0.717, 1.165) is 5.57 Å². The Morgan fingerprint density at radius 2 is 1.83 bits per heavy atom. The molecule has 3 rings (SSSR count). The van der Waals surface area contributed by atoms with Crippen LogP contribution in [0.2, 0.25) is 0 Å². The Bertz CT molecular complexity index is 954. The van der Waals surface area contributed by atoms with Crippen LogP contribution in [0.4, 0.5) is 0 Å². The lowest BCUT2D eigenvalue weighted by Gasteiger charge is -2.43. The molecule has 8 nitrogen and oxygen atoms in total. The maximum absolute atomic E-state index is 13.2. The number of para-hydroxylation sites is 1. The van der Waals surface area contributed by atoms with Crippen LogP contribution in [0.3, 0.4) is 0 Å². The van der Waals surface area contributed by atoms with Crippen LogP contribution in [-0.2, 0) is 14.3 Å². The van der Waals surface area contributed by atoms with Crippen molar-refractivity contribution in [2.45, 2.75) is 82.9 Å². The third kappa shape index (κ3) is 7.41. The third-order valence-corrected chi connectivity index (χ3v) is 7.03. The predicted molar refractivity (Wildman–Crippen MR) is 133 cm³/mol. The van der Waals surface area contributed by atoms with Crippen molar-refractivity contribution in [2.75, 3.05) is 0 Å². The number of fused-ring (bicyclic) bond motifs is 1. The summed E-state index contributed by atoms with van der Waals surface area (Å²) in [5, 5.41) is 39.6. The summed E-state index contributed by atoms with van der Waals surface area (Å²) in [4.78, 5) is 24.0. The highest BCUT2D eigenvalue weighted by molar-refractivity contribution is 5.79. The average Bonchev–Trinajstić information content (AvgIpc) is 2.78. The average molecular weight is 503 g/mol.